The molecule has 2 aromatic carbocycles. The second-order valence-corrected chi connectivity index (χ2v) is 5.36. The Kier molecular flexibility index (Phi) is 4.85. The van der Waals surface area contributed by atoms with Gasteiger partial charge in [0.2, 0.25) is 0 Å². The zero-order chi connectivity index (χ0) is 15.4. The van der Waals surface area contributed by atoms with Crippen LogP contribution in [0.4, 0.5) is 5.69 Å². The number of nitrogen functional groups attached to an aromatic ring is 1. The third kappa shape index (κ3) is 3.76. The van der Waals surface area contributed by atoms with Crippen LogP contribution < -0.4 is 10.5 Å². The number of halogens is 1. The van der Waals surface area contributed by atoms with Crippen LogP contribution in [-0.2, 0) is 4.74 Å². The molecule has 0 fully saturated rings. The second-order valence-electron chi connectivity index (χ2n) is 4.51. The predicted molar refractivity (Wildman–Crippen MR) is 85.8 cm³/mol. The van der Waals surface area contributed by atoms with Crippen molar-refractivity contribution in [3.8, 4) is 11.5 Å². The predicted octanol–water partition coefficient (Wildman–Crippen LogP) is 4.31. The summed E-state index contributed by atoms with van der Waals surface area (Å²) in [7, 11) is 0. The fourth-order valence-electron chi connectivity index (χ4n) is 1.80. The highest BCUT2D eigenvalue weighted by Gasteiger charge is 2.13. The summed E-state index contributed by atoms with van der Waals surface area (Å²) in [6.45, 7) is 4.04. The van der Waals surface area contributed by atoms with Gasteiger partial charge in [-0.3, -0.25) is 0 Å². The largest absolute Gasteiger partial charge is 0.462 e. The van der Waals surface area contributed by atoms with Gasteiger partial charge in [0, 0.05) is 5.69 Å². The lowest BCUT2D eigenvalue weighted by molar-refractivity contribution is 0.0527. The van der Waals surface area contributed by atoms with Crippen LogP contribution in [0.25, 0.3) is 0 Å². The molecule has 0 amide bonds. The summed E-state index contributed by atoms with van der Waals surface area (Å²) in [5.41, 5.74) is 7.59. The number of anilines is 1. The lowest BCUT2D eigenvalue weighted by Gasteiger charge is -2.11. The Morgan fingerprint density at radius 1 is 1.24 bits per heavy atom. The molecule has 0 saturated heterocycles. The fraction of sp³-hybridized carbons (Fsp3) is 0.188. The van der Waals surface area contributed by atoms with Crippen LogP contribution in [0.1, 0.15) is 22.8 Å². The molecule has 0 spiro atoms. The van der Waals surface area contributed by atoms with Gasteiger partial charge in [-0.1, -0.05) is 6.07 Å². The highest BCUT2D eigenvalue weighted by atomic mass is 79.9. The van der Waals surface area contributed by atoms with E-state index in [-0.39, 0.29) is 0 Å². The molecule has 2 rings (SSSR count). The van der Waals surface area contributed by atoms with E-state index >= 15 is 0 Å². The van der Waals surface area contributed by atoms with Gasteiger partial charge in [0.05, 0.1) is 16.6 Å². The molecule has 4 nitrogen and oxygen atoms in total. The Hall–Kier alpha value is -2.01. The summed E-state index contributed by atoms with van der Waals surface area (Å²) in [5, 5.41) is 0. The van der Waals surface area contributed by atoms with Crippen molar-refractivity contribution in [3.63, 3.8) is 0 Å². The van der Waals surface area contributed by atoms with Gasteiger partial charge in [-0.15, -0.1) is 0 Å². The van der Waals surface area contributed by atoms with Gasteiger partial charge in [-0.25, -0.2) is 4.79 Å². The number of rotatable bonds is 4. The standard InChI is InChI=1S/C16H16BrNO3/c1-3-20-16(19)12-9-11(5-6-14(12)18)21-15-7-4-10(2)8-13(15)17/h4-9H,3,18H2,1-2H3. The molecule has 21 heavy (non-hydrogen) atoms. The molecule has 0 aliphatic rings. The van der Waals surface area contributed by atoms with Gasteiger partial charge < -0.3 is 15.2 Å². The number of ether oxygens (including phenoxy) is 2. The van der Waals surface area contributed by atoms with Crippen LogP contribution in [0.5, 0.6) is 11.5 Å². The molecule has 0 unspecified atom stereocenters. The molecule has 0 aliphatic heterocycles. The molecular formula is C16H16BrNO3. The number of nitrogens with two attached hydrogens (primary N) is 1. The minimum atomic E-state index is -0.455. The zero-order valence-electron chi connectivity index (χ0n) is 11.9. The van der Waals surface area contributed by atoms with E-state index in [9.17, 15) is 4.79 Å². The zero-order valence-corrected chi connectivity index (χ0v) is 13.4. The van der Waals surface area contributed by atoms with E-state index in [2.05, 4.69) is 15.9 Å². The Morgan fingerprint density at radius 3 is 2.67 bits per heavy atom. The number of hydrogen-bond donors (Lipinski definition) is 1. The molecule has 0 bridgehead atoms. The topological polar surface area (TPSA) is 61.5 Å². The van der Waals surface area contributed by atoms with Crippen molar-refractivity contribution in [1.29, 1.82) is 0 Å². The van der Waals surface area contributed by atoms with Crippen molar-refractivity contribution >= 4 is 27.6 Å². The fourth-order valence-corrected chi connectivity index (χ4v) is 2.37. The first-order valence-corrected chi connectivity index (χ1v) is 7.31. The second kappa shape index (κ2) is 6.63. The summed E-state index contributed by atoms with van der Waals surface area (Å²) < 4.78 is 11.6. The van der Waals surface area contributed by atoms with Gasteiger partial charge >= 0.3 is 5.97 Å². The molecule has 0 heterocycles. The van der Waals surface area contributed by atoms with Gasteiger partial charge in [0.15, 0.2) is 0 Å². The Labute approximate surface area is 132 Å². The van der Waals surface area contributed by atoms with Gasteiger partial charge in [-0.2, -0.15) is 0 Å². The number of aryl methyl sites for hydroxylation is 1. The Morgan fingerprint density at radius 2 is 2.00 bits per heavy atom. The normalized spacial score (nSPS) is 10.2. The smallest absolute Gasteiger partial charge is 0.340 e. The first-order chi connectivity index (χ1) is 10.0. The average Bonchev–Trinajstić information content (AvgIpc) is 2.44. The first-order valence-electron chi connectivity index (χ1n) is 6.52. The van der Waals surface area contributed by atoms with E-state index in [4.69, 9.17) is 15.2 Å². The van der Waals surface area contributed by atoms with E-state index < -0.39 is 5.97 Å². The maximum Gasteiger partial charge on any atom is 0.340 e. The third-order valence-electron chi connectivity index (χ3n) is 2.84. The van der Waals surface area contributed by atoms with Gasteiger partial charge in [0.1, 0.15) is 11.5 Å². The SMILES string of the molecule is CCOC(=O)c1cc(Oc2ccc(C)cc2Br)ccc1N. The number of benzene rings is 2. The molecule has 0 atom stereocenters. The van der Waals surface area contributed by atoms with Crippen molar-refractivity contribution in [1.82, 2.24) is 0 Å². The number of carbonyl (C=O) groups excluding carboxylic acids is 1. The maximum atomic E-state index is 11.8. The number of carbonyl (C=O) groups is 1. The average molecular weight is 350 g/mol. The maximum absolute atomic E-state index is 11.8. The monoisotopic (exact) mass is 349 g/mol. The molecule has 110 valence electrons. The van der Waals surface area contributed by atoms with Crippen molar-refractivity contribution in [2.75, 3.05) is 12.3 Å². The van der Waals surface area contributed by atoms with E-state index in [1.54, 1.807) is 25.1 Å². The van der Waals surface area contributed by atoms with Crippen molar-refractivity contribution in [3.05, 3.63) is 52.0 Å². The van der Waals surface area contributed by atoms with E-state index in [1.807, 2.05) is 25.1 Å². The van der Waals surface area contributed by atoms with E-state index in [0.29, 0.717) is 29.4 Å². The molecule has 2 N–H and O–H groups in total. The van der Waals surface area contributed by atoms with Crippen LogP contribution in [0.3, 0.4) is 0 Å². The summed E-state index contributed by atoms with van der Waals surface area (Å²) in [5.74, 6) is 0.736. The summed E-state index contributed by atoms with van der Waals surface area (Å²) in [4.78, 5) is 11.8. The van der Waals surface area contributed by atoms with Crippen LogP contribution in [0.15, 0.2) is 40.9 Å². The van der Waals surface area contributed by atoms with E-state index in [1.165, 1.54) is 0 Å². The van der Waals surface area contributed by atoms with Crippen molar-refractivity contribution < 1.29 is 14.3 Å². The summed E-state index contributed by atoms with van der Waals surface area (Å²) in [6.07, 6.45) is 0. The Bertz CT molecular complexity index is 671. The van der Waals surface area contributed by atoms with Crippen LogP contribution >= 0.6 is 15.9 Å². The molecule has 0 saturated carbocycles. The van der Waals surface area contributed by atoms with Crippen LogP contribution in [0, 0.1) is 6.92 Å². The lowest BCUT2D eigenvalue weighted by atomic mass is 10.1. The third-order valence-corrected chi connectivity index (χ3v) is 3.46. The highest BCUT2D eigenvalue weighted by Crippen LogP contribution is 2.31. The molecule has 0 aliphatic carbocycles. The first kappa shape index (κ1) is 15.4. The van der Waals surface area contributed by atoms with Crippen LogP contribution in [0.2, 0.25) is 0 Å². The summed E-state index contributed by atoms with van der Waals surface area (Å²) in [6, 6.07) is 10.7. The Balaban J connectivity index is 2.28. The highest BCUT2D eigenvalue weighted by molar-refractivity contribution is 9.10. The number of esters is 1. The molecule has 0 aromatic heterocycles. The number of hydrogen-bond acceptors (Lipinski definition) is 4. The van der Waals surface area contributed by atoms with Crippen LogP contribution in [-0.4, -0.2) is 12.6 Å². The molecule has 2 aromatic rings. The summed E-state index contributed by atoms with van der Waals surface area (Å²) >= 11 is 3.45. The lowest BCUT2D eigenvalue weighted by Crippen LogP contribution is -2.08. The molecule has 5 heteroatoms. The van der Waals surface area contributed by atoms with Gasteiger partial charge in [-0.05, 0) is 65.7 Å². The van der Waals surface area contributed by atoms with Gasteiger partial charge in [0.25, 0.3) is 0 Å². The van der Waals surface area contributed by atoms with Crippen molar-refractivity contribution in [2.24, 2.45) is 0 Å². The minimum absolute atomic E-state index is 0.298. The molecular weight excluding hydrogens is 334 g/mol. The molecule has 0 radical (unpaired) electrons. The van der Waals surface area contributed by atoms with Crippen molar-refractivity contribution in [2.45, 2.75) is 13.8 Å². The minimum Gasteiger partial charge on any atom is -0.462 e. The van der Waals surface area contributed by atoms with E-state index in [0.717, 1.165) is 10.0 Å². The quantitative estimate of drug-likeness (QED) is 0.659.